The van der Waals surface area contributed by atoms with Gasteiger partial charge in [-0.1, -0.05) is 26.0 Å². The molecule has 2 rings (SSSR count). The molecule has 26 heavy (non-hydrogen) atoms. The van der Waals surface area contributed by atoms with E-state index in [9.17, 15) is 14.0 Å². The van der Waals surface area contributed by atoms with Crippen LogP contribution in [0, 0.1) is 5.82 Å². The molecule has 0 aromatic heterocycles. The average molecular weight is 359 g/mol. The maximum atomic E-state index is 12.8. The fourth-order valence-corrected chi connectivity index (χ4v) is 2.15. The molecule has 1 amide bonds. The average Bonchev–Trinajstić information content (AvgIpc) is 2.62. The van der Waals surface area contributed by atoms with Gasteiger partial charge in [-0.15, -0.1) is 0 Å². The van der Waals surface area contributed by atoms with E-state index in [4.69, 9.17) is 9.47 Å². The first-order chi connectivity index (χ1) is 12.3. The van der Waals surface area contributed by atoms with E-state index >= 15 is 0 Å². The highest BCUT2D eigenvalue weighted by molar-refractivity contribution is 5.95. The van der Waals surface area contributed by atoms with Crippen LogP contribution in [0.25, 0.3) is 0 Å². The third-order valence-corrected chi connectivity index (χ3v) is 3.69. The molecule has 0 saturated carbocycles. The highest BCUT2D eigenvalue weighted by atomic mass is 19.1. The summed E-state index contributed by atoms with van der Waals surface area (Å²) < 4.78 is 23.3. The monoisotopic (exact) mass is 359 g/mol. The van der Waals surface area contributed by atoms with Crippen LogP contribution in [-0.4, -0.2) is 24.6 Å². The predicted octanol–water partition coefficient (Wildman–Crippen LogP) is 3.90. The summed E-state index contributed by atoms with van der Waals surface area (Å²) in [5.74, 6) is -0.601. The number of amides is 1. The fourth-order valence-electron chi connectivity index (χ4n) is 2.15. The van der Waals surface area contributed by atoms with Gasteiger partial charge >= 0.3 is 5.97 Å². The zero-order valence-corrected chi connectivity index (χ0v) is 15.0. The summed E-state index contributed by atoms with van der Waals surface area (Å²) in [5, 5.41) is 2.54. The second kappa shape index (κ2) is 8.99. The number of hydrogen-bond acceptors (Lipinski definition) is 4. The van der Waals surface area contributed by atoms with Gasteiger partial charge in [0.2, 0.25) is 0 Å². The molecule has 2 aromatic carbocycles. The van der Waals surface area contributed by atoms with E-state index in [1.807, 2.05) is 12.1 Å². The van der Waals surface area contributed by atoms with E-state index in [1.54, 1.807) is 12.1 Å². The Kier molecular flexibility index (Phi) is 6.72. The molecule has 138 valence electrons. The summed E-state index contributed by atoms with van der Waals surface area (Å²) in [6.45, 7) is 5.33. The van der Waals surface area contributed by atoms with Crippen molar-refractivity contribution in [3.8, 4) is 5.75 Å². The Morgan fingerprint density at radius 1 is 1.00 bits per heavy atom. The Labute approximate surface area is 152 Å². The molecule has 0 aliphatic carbocycles. The van der Waals surface area contributed by atoms with Crippen LogP contribution < -0.4 is 10.1 Å². The minimum Gasteiger partial charge on any atom is -0.482 e. The number of esters is 1. The lowest BCUT2D eigenvalue weighted by atomic mass is 10.0. The second-order valence-electron chi connectivity index (χ2n) is 6.14. The first kappa shape index (κ1) is 19.4. The van der Waals surface area contributed by atoms with Gasteiger partial charge in [-0.3, -0.25) is 4.79 Å². The normalized spacial score (nSPS) is 11.7. The standard InChI is InChI=1S/C20H22FNO4/c1-13(2)15-4-10-18(11-5-15)25-12-19(23)26-14(3)20(24)22-17-8-6-16(21)7-9-17/h4-11,13-14H,12H2,1-3H3,(H,22,24)/t14-/m0/s1. The predicted molar refractivity (Wildman–Crippen MR) is 96.6 cm³/mol. The minimum atomic E-state index is -1.00. The zero-order valence-electron chi connectivity index (χ0n) is 15.0. The van der Waals surface area contributed by atoms with E-state index in [-0.39, 0.29) is 6.61 Å². The summed E-state index contributed by atoms with van der Waals surface area (Å²) >= 11 is 0. The van der Waals surface area contributed by atoms with Crippen molar-refractivity contribution >= 4 is 17.6 Å². The van der Waals surface area contributed by atoms with Crippen LogP contribution in [0.1, 0.15) is 32.3 Å². The van der Waals surface area contributed by atoms with Crippen LogP contribution in [0.3, 0.4) is 0 Å². The van der Waals surface area contributed by atoms with Crippen LogP contribution in [0.15, 0.2) is 48.5 Å². The lowest BCUT2D eigenvalue weighted by Gasteiger charge is -2.14. The smallest absolute Gasteiger partial charge is 0.344 e. The van der Waals surface area contributed by atoms with Crippen molar-refractivity contribution in [2.75, 3.05) is 11.9 Å². The molecule has 0 spiro atoms. The van der Waals surface area contributed by atoms with E-state index in [2.05, 4.69) is 19.2 Å². The van der Waals surface area contributed by atoms with Crippen molar-refractivity contribution in [3.63, 3.8) is 0 Å². The maximum absolute atomic E-state index is 12.8. The van der Waals surface area contributed by atoms with Crippen LogP contribution in [0.4, 0.5) is 10.1 Å². The van der Waals surface area contributed by atoms with Gasteiger partial charge in [0, 0.05) is 5.69 Å². The highest BCUT2D eigenvalue weighted by Crippen LogP contribution is 2.18. The van der Waals surface area contributed by atoms with Crippen molar-refractivity contribution in [2.45, 2.75) is 32.8 Å². The number of hydrogen-bond donors (Lipinski definition) is 1. The molecule has 0 heterocycles. The van der Waals surface area contributed by atoms with Crippen LogP contribution in [0.2, 0.25) is 0 Å². The van der Waals surface area contributed by atoms with Gasteiger partial charge in [0.15, 0.2) is 12.7 Å². The quantitative estimate of drug-likeness (QED) is 0.762. The number of carbonyl (C=O) groups excluding carboxylic acids is 2. The molecular weight excluding hydrogens is 337 g/mol. The summed E-state index contributed by atoms with van der Waals surface area (Å²) in [6.07, 6.45) is -1.00. The van der Waals surface area contributed by atoms with Gasteiger partial charge in [-0.25, -0.2) is 9.18 Å². The van der Waals surface area contributed by atoms with Crippen LogP contribution in [-0.2, 0) is 14.3 Å². The summed E-state index contributed by atoms with van der Waals surface area (Å²) in [4.78, 5) is 23.8. The molecule has 1 N–H and O–H groups in total. The van der Waals surface area contributed by atoms with Crippen molar-refractivity contribution in [3.05, 3.63) is 59.9 Å². The van der Waals surface area contributed by atoms with E-state index in [0.29, 0.717) is 17.4 Å². The maximum Gasteiger partial charge on any atom is 0.344 e. The molecule has 0 aliphatic rings. The largest absolute Gasteiger partial charge is 0.482 e. The highest BCUT2D eigenvalue weighted by Gasteiger charge is 2.18. The van der Waals surface area contributed by atoms with Crippen molar-refractivity contribution in [1.29, 1.82) is 0 Å². The first-order valence-corrected chi connectivity index (χ1v) is 8.34. The Bertz CT molecular complexity index is 741. The minimum absolute atomic E-state index is 0.296. The molecule has 0 bridgehead atoms. The van der Waals surface area contributed by atoms with Gasteiger partial charge in [0.05, 0.1) is 0 Å². The summed E-state index contributed by atoms with van der Waals surface area (Å²) in [7, 11) is 0. The van der Waals surface area contributed by atoms with E-state index < -0.39 is 23.8 Å². The van der Waals surface area contributed by atoms with Gasteiger partial charge in [0.1, 0.15) is 11.6 Å². The third-order valence-electron chi connectivity index (χ3n) is 3.69. The Balaban J connectivity index is 1.78. The number of ether oxygens (including phenoxy) is 2. The molecule has 0 saturated heterocycles. The number of anilines is 1. The van der Waals surface area contributed by atoms with Crippen LogP contribution in [0.5, 0.6) is 5.75 Å². The molecule has 0 fully saturated rings. The number of nitrogens with one attached hydrogen (secondary N) is 1. The number of carbonyl (C=O) groups is 2. The van der Waals surface area contributed by atoms with Gasteiger partial charge in [0.25, 0.3) is 5.91 Å². The SMILES string of the molecule is CC(C)c1ccc(OCC(=O)O[C@@H](C)C(=O)Nc2ccc(F)cc2)cc1. The first-order valence-electron chi connectivity index (χ1n) is 8.34. The second-order valence-corrected chi connectivity index (χ2v) is 6.14. The number of halogens is 1. The van der Waals surface area contributed by atoms with Gasteiger partial charge in [-0.2, -0.15) is 0 Å². The lowest BCUT2D eigenvalue weighted by Crippen LogP contribution is -2.31. The molecule has 0 aliphatic heterocycles. The summed E-state index contributed by atoms with van der Waals surface area (Å²) in [6, 6.07) is 12.7. The zero-order chi connectivity index (χ0) is 19.1. The Hall–Kier alpha value is -2.89. The number of benzene rings is 2. The molecule has 2 aromatic rings. The molecule has 0 radical (unpaired) electrons. The van der Waals surface area contributed by atoms with E-state index in [1.165, 1.54) is 36.8 Å². The lowest BCUT2D eigenvalue weighted by molar-refractivity contribution is -0.155. The summed E-state index contributed by atoms with van der Waals surface area (Å²) in [5.41, 5.74) is 1.59. The van der Waals surface area contributed by atoms with Crippen molar-refractivity contribution in [1.82, 2.24) is 0 Å². The van der Waals surface area contributed by atoms with Gasteiger partial charge in [-0.05, 0) is 54.8 Å². The van der Waals surface area contributed by atoms with Crippen molar-refractivity contribution in [2.24, 2.45) is 0 Å². The third kappa shape index (κ3) is 5.88. The topological polar surface area (TPSA) is 64.6 Å². The molecule has 6 heteroatoms. The van der Waals surface area contributed by atoms with Gasteiger partial charge < -0.3 is 14.8 Å². The fraction of sp³-hybridized carbons (Fsp3) is 0.300. The molecule has 5 nitrogen and oxygen atoms in total. The van der Waals surface area contributed by atoms with Crippen molar-refractivity contribution < 1.29 is 23.5 Å². The van der Waals surface area contributed by atoms with Crippen LogP contribution >= 0.6 is 0 Å². The molecule has 0 unspecified atom stereocenters. The Morgan fingerprint density at radius 2 is 1.62 bits per heavy atom. The molecular formula is C20H22FNO4. The Morgan fingerprint density at radius 3 is 2.19 bits per heavy atom. The number of rotatable bonds is 7. The molecule has 1 atom stereocenters. The van der Waals surface area contributed by atoms with E-state index in [0.717, 1.165) is 0 Å².